The lowest BCUT2D eigenvalue weighted by Crippen LogP contribution is -2.37. The zero-order valence-electron chi connectivity index (χ0n) is 12.2. The van der Waals surface area contributed by atoms with Crippen molar-refractivity contribution >= 4 is 5.97 Å². The van der Waals surface area contributed by atoms with E-state index in [9.17, 15) is 9.90 Å². The maximum absolute atomic E-state index is 11.1. The SMILES string of the molecule is CCCN(CCC)C1Cc2cc(O)c(C(=O)O)cc2C1. The molecule has 0 bridgehead atoms. The van der Waals surface area contributed by atoms with Gasteiger partial charge in [-0.15, -0.1) is 0 Å². The molecule has 1 aromatic carbocycles. The van der Waals surface area contributed by atoms with Gasteiger partial charge in [0.2, 0.25) is 0 Å². The molecule has 0 aromatic heterocycles. The number of carboxylic acids is 1. The second-order valence-corrected chi connectivity index (χ2v) is 5.54. The number of benzene rings is 1. The fourth-order valence-corrected chi connectivity index (χ4v) is 3.12. The van der Waals surface area contributed by atoms with E-state index in [0.717, 1.165) is 49.9 Å². The van der Waals surface area contributed by atoms with Gasteiger partial charge in [-0.1, -0.05) is 13.8 Å². The van der Waals surface area contributed by atoms with Crippen molar-refractivity contribution in [1.82, 2.24) is 4.90 Å². The molecule has 0 amide bonds. The predicted octanol–water partition coefficient (Wildman–Crippen LogP) is 2.68. The summed E-state index contributed by atoms with van der Waals surface area (Å²) in [5, 5.41) is 18.9. The summed E-state index contributed by atoms with van der Waals surface area (Å²) >= 11 is 0. The Kier molecular flexibility index (Phi) is 4.65. The number of hydrogen-bond donors (Lipinski definition) is 2. The molecule has 0 aliphatic heterocycles. The first kappa shape index (κ1) is 14.9. The zero-order valence-corrected chi connectivity index (χ0v) is 12.2. The highest BCUT2D eigenvalue weighted by Gasteiger charge is 2.28. The Balaban J connectivity index is 2.19. The van der Waals surface area contributed by atoms with Crippen molar-refractivity contribution in [3.8, 4) is 5.75 Å². The van der Waals surface area contributed by atoms with Gasteiger partial charge in [-0.05, 0) is 62.0 Å². The molecule has 2 N–H and O–H groups in total. The lowest BCUT2D eigenvalue weighted by Gasteiger charge is -2.27. The van der Waals surface area contributed by atoms with Crippen molar-refractivity contribution in [3.63, 3.8) is 0 Å². The highest BCUT2D eigenvalue weighted by molar-refractivity contribution is 5.91. The second-order valence-electron chi connectivity index (χ2n) is 5.54. The van der Waals surface area contributed by atoms with E-state index in [1.165, 1.54) is 0 Å². The first-order chi connectivity index (χ1) is 9.56. The average Bonchev–Trinajstić information content (AvgIpc) is 2.79. The van der Waals surface area contributed by atoms with Gasteiger partial charge in [0, 0.05) is 6.04 Å². The van der Waals surface area contributed by atoms with Crippen molar-refractivity contribution in [2.24, 2.45) is 0 Å². The van der Waals surface area contributed by atoms with Crippen LogP contribution in [0, 0.1) is 0 Å². The first-order valence-electron chi connectivity index (χ1n) is 7.38. The second kappa shape index (κ2) is 6.27. The van der Waals surface area contributed by atoms with Crippen LogP contribution in [0.2, 0.25) is 0 Å². The minimum atomic E-state index is -1.06. The summed E-state index contributed by atoms with van der Waals surface area (Å²) in [4.78, 5) is 13.6. The van der Waals surface area contributed by atoms with Crippen molar-refractivity contribution in [2.75, 3.05) is 13.1 Å². The van der Waals surface area contributed by atoms with E-state index >= 15 is 0 Å². The van der Waals surface area contributed by atoms with Crippen molar-refractivity contribution < 1.29 is 15.0 Å². The Bertz CT molecular complexity index is 493. The maximum atomic E-state index is 11.1. The first-order valence-corrected chi connectivity index (χ1v) is 7.38. The van der Waals surface area contributed by atoms with Gasteiger partial charge in [-0.3, -0.25) is 4.90 Å². The van der Waals surface area contributed by atoms with E-state index in [-0.39, 0.29) is 11.3 Å². The lowest BCUT2D eigenvalue weighted by molar-refractivity contribution is 0.0693. The van der Waals surface area contributed by atoms with Gasteiger partial charge in [-0.2, -0.15) is 0 Å². The third-order valence-electron chi connectivity index (χ3n) is 4.00. The summed E-state index contributed by atoms with van der Waals surface area (Å²) in [7, 11) is 0. The molecule has 0 spiro atoms. The molecular weight excluding hydrogens is 254 g/mol. The smallest absolute Gasteiger partial charge is 0.339 e. The zero-order chi connectivity index (χ0) is 14.7. The molecule has 0 saturated heterocycles. The van der Waals surface area contributed by atoms with Crippen molar-refractivity contribution in [1.29, 1.82) is 0 Å². The molecule has 0 heterocycles. The van der Waals surface area contributed by atoms with Crippen LogP contribution < -0.4 is 0 Å². The van der Waals surface area contributed by atoms with E-state index in [0.29, 0.717) is 6.04 Å². The Morgan fingerprint density at radius 2 is 1.75 bits per heavy atom. The fraction of sp³-hybridized carbons (Fsp3) is 0.562. The Morgan fingerprint density at radius 1 is 1.20 bits per heavy atom. The number of hydrogen-bond acceptors (Lipinski definition) is 3. The van der Waals surface area contributed by atoms with Crippen LogP contribution in [0.5, 0.6) is 5.75 Å². The third-order valence-corrected chi connectivity index (χ3v) is 4.00. The van der Waals surface area contributed by atoms with Crippen LogP contribution in [0.1, 0.15) is 48.2 Å². The molecular formula is C16H23NO3. The normalized spacial score (nSPS) is 17.4. The Morgan fingerprint density at radius 3 is 2.25 bits per heavy atom. The van der Waals surface area contributed by atoms with Crippen LogP contribution in [-0.4, -0.2) is 40.2 Å². The van der Waals surface area contributed by atoms with Crippen LogP contribution in [0.4, 0.5) is 0 Å². The van der Waals surface area contributed by atoms with E-state index in [4.69, 9.17) is 5.11 Å². The van der Waals surface area contributed by atoms with Crippen LogP contribution in [-0.2, 0) is 12.8 Å². The monoisotopic (exact) mass is 277 g/mol. The number of aromatic hydroxyl groups is 1. The topological polar surface area (TPSA) is 60.8 Å². The molecule has 0 fully saturated rings. The molecule has 1 aliphatic rings. The highest BCUT2D eigenvalue weighted by Crippen LogP contribution is 2.31. The number of nitrogens with zero attached hydrogens (tertiary/aromatic N) is 1. The Hall–Kier alpha value is -1.55. The summed E-state index contributed by atoms with van der Waals surface area (Å²) < 4.78 is 0. The van der Waals surface area contributed by atoms with Crippen molar-refractivity contribution in [2.45, 2.75) is 45.6 Å². The van der Waals surface area contributed by atoms with Gasteiger partial charge in [-0.25, -0.2) is 4.79 Å². The number of aromatic carboxylic acids is 1. The molecule has 1 aromatic rings. The summed E-state index contributed by atoms with van der Waals surface area (Å²) in [5.41, 5.74) is 2.18. The molecule has 20 heavy (non-hydrogen) atoms. The molecule has 2 rings (SSSR count). The minimum absolute atomic E-state index is 0.0157. The summed E-state index contributed by atoms with van der Waals surface area (Å²) in [6.45, 7) is 6.51. The van der Waals surface area contributed by atoms with Gasteiger partial charge in [0.1, 0.15) is 11.3 Å². The van der Waals surface area contributed by atoms with Crippen LogP contribution in [0.25, 0.3) is 0 Å². The quantitative estimate of drug-likeness (QED) is 0.839. The third kappa shape index (κ3) is 2.96. The number of rotatable bonds is 6. The number of fused-ring (bicyclic) bond motifs is 1. The molecule has 0 saturated carbocycles. The van der Waals surface area contributed by atoms with Crippen molar-refractivity contribution in [3.05, 3.63) is 28.8 Å². The summed E-state index contributed by atoms with van der Waals surface area (Å²) in [6.07, 6.45) is 4.04. The summed E-state index contributed by atoms with van der Waals surface area (Å²) in [5.74, 6) is -1.18. The van der Waals surface area contributed by atoms with Gasteiger partial charge < -0.3 is 10.2 Å². The molecule has 1 unspecified atom stereocenters. The largest absolute Gasteiger partial charge is 0.507 e. The molecule has 1 aliphatic carbocycles. The average molecular weight is 277 g/mol. The number of phenols is 1. The molecule has 4 nitrogen and oxygen atoms in total. The molecule has 1 atom stereocenters. The van der Waals surface area contributed by atoms with Gasteiger partial charge in [0.25, 0.3) is 0 Å². The predicted molar refractivity (Wildman–Crippen MR) is 78.4 cm³/mol. The van der Waals surface area contributed by atoms with E-state index in [1.54, 1.807) is 12.1 Å². The number of carboxylic acid groups (broad SMARTS) is 1. The minimum Gasteiger partial charge on any atom is -0.507 e. The highest BCUT2D eigenvalue weighted by atomic mass is 16.4. The van der Waals surface area contributed by atoms with Crippen LogP contribution in [0.15, 0.2) is 12.1 Å². The van der Waals surface area contributed by atoms with Gasteiger partial charge in [0.15, 0.2) is 0 Å². The van der Waals surface area contributed by atoms with Crippen LogP contribution >= 0.6 is 0 Å². The fourth-order valence-electron chi connectivity index (χ4n) is 3.12. The van der Waals surface area contributed by atoms with Crippen LogP contribution in [0.3, 0.4) is 0 Å². The standard InChI is InChI=1S/C16H23NO3/c1-3-5-17(6-4-2)13-7-11-9-14(16(19)20)15(18)10-12(11)8-13/h9-10,13,18H,3-8H2,1-2H3,(H,19,20). The summed E-state index contributed by atoms with van der Waals surface area (Å²) in [6, 6.07) is 3.71. The van der Waals surface area contributed by atoms with E-state index < -0.39 is 5.97 Å². The molecule has 110 valence electrons. The van der Waals surface area contributed by atoms with Gasteiger partial charge in [0.05, 0.1) is 0 Å². The molecule has 0 radical (unpaired) electrons. The maximum Gasteiger partial charge on any atom is 0.339 e. The van der Waals surface area contributed by atoms with Gasteiger partial charge >= 0.3 is 5.97 Å². The lowest BCUT2D eigenvalue weighted by atomic mass is 10.1. The van der Waals surface area contributed by atoms with E-state index in [2.05, 4.69) is 18.7 Å². The Labute approximate surface area is 120 Å². The molecule has 4 heteroatoms. The van der Waals surface area contributed by atoms with E-state index in [1.807, 2.05) is 0 Å². The number of carbonyl (C=O) groups is 1.